The van der Waals surface area contributed by atoms with Crippen molar-refractivity contribution in [3.05, 3.63) is 48.0 Å². The molecule has 0 saturated carbocycles. The molecule has 0 bridgehead atoms. The molecule has 2 aromatic carbocycles. The molecule has 0 atom stereocenters. The molecule has 0 radical (unpaired) electrons. The topological polar surface area (TPSA) is 111 Å². The average molecular weight is 445 g/mol. The van der Waals surface area contributed by atoms with Crippen molar-refractivity contribution in [3.8, 4) is 5.75 Å². The summed E-state index contributed by atoms with van der Waals surface area (Å²) < 4.78 is 63.2. The molecule has 0 aliphatic rings. The minimum absolute atomic E-state index is 0.0294. The van der Waals surface area contributed by atoms with Crippen molar-refractivity contribution in [2.45, 2.75) is 16.7 Å². The van der Waals surface area contributed by atoms with E-state index in [2.05, 4.69) is 4.72 Å². The molecule has 2 aromatic rings. The van der Waals surface area contributed by atoms with E-state index in [0.29, 0.717) is 29.0 Å². The summed E-state index contributed by atoms with van der Waals surface area (Å²) in [7, 11) is -3.61. The van der Waals surface area contributed by atoms with Gasteiger partial charge in [-0.15, -0.1) is 0 Å². The van der Waals surface area contributed by atoms with E-state index in [4.69, 9.17) is 14.3 Å². The molecule has 0 aromatic heterocycles. The number of anilines is 1. The number of nitrogens with one attached hydrogen (secondary N) is 1. The van der Waals surface area contributed by atoms with Gasteiger partial charge in [0.25, 0.3) is 20.0 Å². The van der Waals surface area contributed by atoms with Crippen molar-refractivity contribution in [1.29, 1.82) is 0 Å². The van der Waals surface area contributed by atoms with Gasteiger partial charge in [-0.25, -0.2) is 16.8 Å². The van der Waals surface area contributed by atoms with E-state index in [1.807, 2.05) is 0 Å². The number of hydrogen-bond donors (Lipinski definition) is 1. The zero-order chi connectivity index (χ0) is 21.7. The summed E-state index contributed by atoms with van der Waals surface area (Å²) in [5.74, 6) is 0.567. The summed E-state index contributed by atoms with van der Waals surface area (Å²) in [6, 6.07) is 9.82. The van der Waals surface area contributed by atoms with Crippen molar-refractivity contribution >= 4 is 25.7 Å². The van der Waals surface area contributed by atoms with Gasteiger partial charge in [0.1, 0.15) is 12.4 Å². The number of hydrogen-bond acceptors (Lipinski definition) is 7. The monoisotopic (exact) mass is 444 g/mol. The Morgan fingerprint density at radius 1 is 0.931 bits per heavy atom. The lowest BCUT2D eigenvalue weighted by molar-refractivity contribution is -0.0258. The van der Waals surface area contributed by atoms with Gasteiger partial charge in [0.2, 0.25) is 0 Å². The molecule has 0 unspecified atom stereocenters. The van der Waals surface area contributed by atoms with E-state index in [0.717, 1.165) is 0 Å². The van der Waals surface area contributed by atoms with E-state index >= 15 is 0 Å². The summed E-state index contributed by atoms with van der Waals surface area (Å²) >= 11 is 0. The molecule has 0 aliphatic carbocycles. The van der Waals surface area contributed by atoms with Crippen molar-refractivity contribution in [1.82, 2.24) is 4.47 Å². The van der Waals surface area contributed by atoms with Crippen LogP contribution in [0.4, 0.5) is 5.69 Å². The Hall–Kier alpha value is -2.18. The molecule has 11 heteroatoms. The van der Waals surface area contributed by atoms with Crippen molar-refractivity contribution in [2.75, 3.05) is 39.2 Å². The van der Waals surface area contributed by atoms with Gasteiger partial charge in [-0.2, -0.15) is 0 Å². The third-order valence-corrected chi connectivity index (χ3v) is 7.07. The fraction of sp³-hybridized carbons (Fsp3) is 0.333. The zero-order valence-corrected chi connectivity index (χ0v) is 18.2. The van der Waals surface area contributed by atoms with Crippen LogP contribution in [0.3, 0.4) is 0 Å². The summed E-state index contributed by atoms with van der Waals surface area (Å²) in [6.07, 6.45) is 0. The second kappa shape index (κ2) is 9.55. The fourth-order valence-corrected chi connectivity index (χ4v) is 4.46. The van der Waals surface area contributed by atoms with E-state index in [1.54, 1.807) is 20.1 Å². The first-order valence-corrected chi connectivity index (χ1v) is 11.4. The molecule has 160 valence electrons. The molecule has 9 nitrogen and oxygen atoms in total. The van der Waals surface area contributed by atoms with Gasteiger partial charge in [0, 0.05) is 19.8 Å². The Balaban J connectivity index is 2.18. The van der Waals surface area contributed by atoms with Gasteiger partial charge in [0.05, 0.1) is 23.5 Å². The minimum atomic E-state index is -3.86. The summed E-state index contributed by atoms with van der Waals surface area (Å²) in [5.41, 5.74) is 0.884. The number of ether oxygens (including phenoxy) is 2. The molecule has 0 amide bonds. The maximum absolute atomic E-state index is 12.6. The molecule has 0 fully saturated rings. The quantitative estimate of drug-likeness (QED) is 0.441. The Morgan fingerprint density at radius 3 is 2.10 bits per heavy atom. The van der Waals surface area contributed by atoms with E-state index < -0.39 is 20.0 Å². The number of methoxy groups -OCH3 is 1. The lowest BCUT2D eigenvalue weighted by Gasteiger charge is -2.15. The van der Waals surface area contributed by atoms with Gasteiger partial charge in [-0.05, 0) is 55.0 Å². The minimum Gasteiger partial charge on any atom is -0.491 e. The lowest BCUT2D eigenvalue weighted by atomic mass is 10.2. The zero-order valence-electron chi connectivity index (χ0n) is 16.6. The van der Waals surface area contributed by atoms with Crippen molar-refractivity contribution in [3.63, 3.8) is 0 Å². The Labute approximate surface area is 171 Å². The van der Waals surface area contributed by atoms with Crippen LogP contribution in [0.2, 0.25) is 0 Å². The number of nitrogens with zero attached hydrogens (tertiary/aromatic N) is 1. The van der Waals surface area contributed by atoms with Gasteiger partial charge < -0.3 is 9.47 Å². The van der Waals surface area contributed by atoms with E-state index in [9.17, 15) is 16.8 Å². The molecule has 29 heavy (non-hydrogen) atoms. The molecule has 1 N–H and O–H groups in total. The second-order valence-corrected chi connectivity index (χ2v) is 9.61. The van der Waals surface area contributed by atoms with E-state index in [-0.39, 0.29) is 15.5 Å². The van der Waals surface area contributed by atoms with Crippen LogP contribution in [0, 0.1) is 6.92 Å². The number of aryl methyl sites for hydroxylation is 1. The summed E-state index contributed by atoms with van der Waals surface area (Å²) in [4.78, 5) is 4.74. The third-order valence-electron chi connectivity index (χ3n) is 4.00. The average Bonchev–Trinajstić information content (AvgIpc) is 2.68. The SMILES string of the molecule is COCCOc1ccc(S(=O)(=O)Nc2ccc(S(=O)(=O)N(C)OC)cc2)cc1C. The first kappa shape index (κ1) is 23.1. The van der Waals surface area contributed by atoms with Crippen molar-refractivity contribution < 1.29 is 31.1 Å². The van der Waals surface area contributed by atoms with Crippen LogP contribution < -0.4 is 9.46 Å². The molecular formula is C18H24N2O7S2. The smallest absolute Gasteiger partial charge is 0.264 e. The van der Waals surface area contributed by atoms with Crippen LogP contribution in [0.15, 0.2) is 52.3 Å². The van der Waals surface area contributed by atoms with Crippen LogP contribution in [0.5, 0.6) is 5.75 Å². The highest BCUT2D eigenvalue weighted by atomic mass is 32.2. The van der Waals surface area contributed by atoms with E-state index in [1.165, 1.54) is 50.6 Å². The molecule has 2 rings (SSSR count). The first-order chi connectivity index (χ1) is 13.6. The van der Waals surface area contributed by atoms with Crippen LogP contribution in [0.1, 0.15) is 5.56 Å². The van der Waals surface area contributed by atoms with Gasteiger partial charge in [-0.1, -0.05) is 4.47 Å². The number of hydroxylamine groups is 1. The third kappa shape index (κ3) is 5.67. The lowest BCUT2D eigenvalue weighted by Crippen LogP contribution is -2.25. The highest BCUT2D eigenvalue weighted by Crippen LogP contribution is 2.24. The maximum atomic E-state index is 12.6. The Bertz CT molecular complexity index is 1040. The van der Waals surface area contributed by atoms with Crippen LogP contribution in [-0.2, 0) is 29.6 Å². The number of benzene rings is 2. The summed E-state index contributed by atoms with van der Waals surface area (Å²) in [6.45, 7) is 2.52. The van der Waals surface area contributed by atoms with Crippen LogP contribution in [0.25, 0.3) is 0 Å². The summed E-state index contributed by atoms with van der Waals surface area (Å²) in [5, 5.41) is 0. The Morgan fingerprint density at radius 2 is 1.55 bits per heavy atom. The Kier molecular flexibility index (Phi) is 7.60. The van der Waals surface area contributed by atoms with Crippen LogP contribution in [-0.4, -0.2) is 55.8 Å². The normalized spacial score (nSPS) is 12.2. The van der Waals surface area contributed by atoms with Crippen LogP contribution >= 0.6 is 0 Å². The van der Waals surface area contributed by atoms with Gasteiger partial charge in [0.15, 0.2) is 0 Å². The second-order valence-electron chi connectivity index (χ2n) is 6.00. The molecule has 0 spiro atoms. The number of sulfonamides is 2. The molecule has 0 aliphatic heterocycles. The number of rotatable bonds is 10. The highest BCUT2D eigenvalue weighted by Gasteiger charge is 2.21. The standard InChI is InChI=1S/C18H24N2O7S2/c1-14-13-17(9-10-18(14)27-12-11-25-3)28(21,22)19-15-5-7-16(8-6-15)29(23,24)20(2)26-4/h5-10,13,19H,11-12H2,1-4H3. The fourth-order valence-electron chi connectivity index (χ4n) is 2.34. The largest absolute Gasteiger partial charge is 0.491 e. The predicted molar refractivity (Wildman–Crippen MR) is 108 cm³/mol. The molecule has 0 heterocycles. The van der Waals surface area contributed by atoms with Crippen molar-refractivity contribution in [2.24, 2.45) is 0 Å². The van der Waals surface area contributed by atoms with Gasteiger partial charge >= 0.3 is 0 Å². The first-order valence-electron chi connectivity index (χ1n) is 8.50. The molecular weight excluding hydrogens is 420 g/mol. The molecule has 0 saturated heterocycles. The maximum Gasteiger partial charge on any atom is 0.264 e. The van der Waals surface area contributed by atoms with Gasteiger partial charge in [-0.3, -0.25) is 9.56 Å². The predicted octanol–water partition coefficient (Wildman–Crippen LogP) is 2.00. The highest BCUT2D eigenvalue weighted by molar-refractivity contribution is 7.92.